The number of ether oxygens (including phenoxy) is 1. The van der Waals surface area contributed by atoms with E-state index in [2.05, 4.69) is 5.32 Å². The molecule has 1 N–H and O–H groups in total. The molecular weight excluding hydrogens is 347 g/mol. The number of nitrogens with one attached hydrogen (secondary N) is 1. The molecule has 0 radical (unpaired) electrons. The fourth-order valence-electron chi connectivity index (χ4n) is 3.79. The van der Waals surface area contributed by atoms with Gasteiger partial charge >= 0.3 is 0 Å². The first kappa shape index (κ1) is 17.5. The molecule has 2 aliphatic rings. The molecule has 2 amide bonds. The van der Waals surface area contributed by atoms with Gasteiger partial charge in [-0.15, -0.1) is 0 Å². The third-order valence-corrected chi connectivity index (χ3v) is 5.13. The first-order chi connectivity index (χ1) is 13.1. The summed E-state index contributed by atoms with van der Waals surface area (Å²) in [6, 6.07) is 11.6. The van der Waals surface area contributed by atoms with E-state index in [0.29, 0.717) is 23.5 Å². The van der Waals surface area contributed by atoms with E-state index in [9.17, 15) is 14.0 Å². The summed E-state index contributed by atoms with van der Waals surface area (Å²) in [5, 5.41) is 2.73. The van der Waals surface area contributed by atoms with Crippen LogP contribution < -0.4 is 10.1 Å². The van der Waals surface area contributed by atoms with Crippen molar-refractivity contribution in [3.8, 4) is 5.75 Å². The Hall–Kier alpha value is -2.89. The lowest BCUT2D eigenvalue weighted by Crippen LogP contribution is -2.38. The number of anilines is 1. The van der Waals surface area contributed by atoms with Crippen molar-refractivity contribution in [2.45, 2.75) is 38.3 Å². The SMILES string of the molecule is O=C1COc2cc(C(=O)N(Cc3cccc(F)c3)C3CCCC3)ccc2N1. The van der Waals surface area contributed by atoms with Crippen LogP contribution >= 0.6 is 0 Å². The molecule has 1 fully saturated rings. The van der Waals surface area contributed by atoms with Crippen molar-refractivity contribution >= 4 is 17.5 Å². The summed E-state index contributed by atoms with van der Waals surface area (Å²) in [5.74, 6) is -0.114. The summed E-state index contributed by atoms with van der Waals surface area (Å²) in [6.45, 7) is 0.316. The van der Waals surface area contributed by atoms with Gasteiger partial charge in [0.05, 0.1) is 5.69 Å². The van der Waals surface area contributed by atoms with Crippen LogP contribution in [0.15, 0.2) is 42.5 Å². The minimum absolute atomic E-state index is 0.0553. The Bertz CT molecular complexity index is 877. The molecule has 0 aromatic heterocycles. The number of halogens is 1. The molecule has 0 atom stereocenters. The molecule has 6 heteroatoms. The molecule has 5 nitrogen and oxygen atoms in total. The number of fused-ring (bicyclic) bond motifs is 1. The van der Waals surface area contributed by atoms with Crippen LogP contribution in [0.1, 0.15) is 41.6 Å². The van der Waals surface area contributed by atoms with Gasteiger partial charge in [0, 0.05) is 18.2 Å². The average Bonchev–Trinajstić information content (AvgIpc) is 3.19. The number of benzene rings is 2. The smallest absolute Gasteiger partial charge is 0.262 e. The molecule has 0 bridgehead atoms. The highest BCUT2D eigenvalue weighted by molar-refractivity contribution is 5.99. The van der Waals surface area contributed by atoms with E-state index < -0.39 is 0 Å². The van der Waals surface area contributed by atoms with Crippen LogP contribution in [0.2, 0.25) is 0 Å². The molecule has 4 rings (SSSR count). The van der Waals surface area contributed by atoms with Crippen LogP contribution in [0.5, 0.6) is 5.75 Å². The van der Waals surface area contributed by atoms with Crippen molar-refractivity contribution in [2.75, 3.05) is 11.9 Å². The Morgan fingerprint density at radius 2 is 2.00 bits per heavy atom. The van der Waals surface area contributed by atoms with Crippen LogP contribution in [0.25, 0.3) is 0 Å². The first-order valence-electron chi connectivity index (χ1n) is 9.22. The zero-order valence-electron chi connectivity index (χ0n) is 14.9. The Morgan fingerprint density at radius 1 is 1.19 bits per heavy atom. The van der Waals surface area contributed by atoms with Crippen LogP contribution in [-0.4, -0.2) is 29.4 Å². The van der Waals surface area contributed by atoms with Gasteiger partial charge in [0.2, 0.25) is 0 Å². The number of amides is 2. The fourth-order valence-corrected chi connectivity index (χ4v) is 3.79. The minimum atomic E-state index is -0.302. The molecule has 0 saturated heterocycles. The second kappa shape index (κ2) is 7.39. The zero-order valence-corrected chi connectivity index (χ0v) is 14.9. The fraction of sp³-hybridized carbons (Fsp3) is 0.333. The summed E-state index contributed by atoms with van der Waals surface area (Å²) < 4.78 is 19.0. The second-order valence-electron chi connectivity index (χ2n) is 7.05. The van der Waals surface area contributed by atoms with E-state index in [0.717, 1.165) is 31.2 Å². The molecule has 1 heterocycles. The number of carbonyl (C=O) groups excluding carboxylic acids is 2. The van der Waals surface area contributed by atoms with Gasteiger partial charge in [-0.25, -0.2) is 4.39 Å². The number of hydrogen-bond donors (Lipinski definition) is 1. The standard InChI is InChI=1S/C21H21FN2O3/c22-16-5-3-4-14(10-16)12-24(17-6-1-2-7-17)21(26)15-8-9-18-19(11-15)27-13-20(25)23-18/h3-5,8-11,17H,1-2,6-7,12-13H2,(H,23,25). The molecule has 140 valence electrons. The van der Waals surface area contributed by atoms with Crippen molar-refractivity contribution in [3.63, 3.8) is 0 Å². The van der Waals surface area contributed by atoms with E-state index in [-0.39, 0.29) is 30.3 Å². The van der Waals surface area contributed by atoms with Crippen molar-refractivity contribution in [3.05, 3.63) is 59.4 Å². The largest absolute Gasteiger partial charge is 0.482 e. The average molecular weight is 368 g/mol. The molecular formula is C21H21FN2O3. The third-order valence-electron chi connectivity index (χ3n) is 5.13. The molecule has 2 aromatic rings. The van der Waals surface area contributed by atoms with Crippen molar-refractivity contribution < 1.29 is 18.7 Å². The van der Waals surface area contributed by atoms with E-state index in [1.807, 2.05) is 11.0 Å². The lowest BCUT2D eigenvalue weighted by Gasteiger charge is -2.30. The highest BCUT2D eigenvalue weighted by Crippen LogP contribution is 2.31. The van der Waals surface area contributed by atoms with Gasteiger partial charge in [-0.2, -0.15) is 0 Å². The Morgan fingerprint density at radius 3 is 2.78 bits per heavy atom. The minimum Gasteiger partial charge on any atom is -0.482 e. The molecule has 0 spiro atoms. The first-order valence-corrected chi connectivity index (χ1v) is 9.22. The molecule has 0 unspecified atom stereocenters. The van der Waals surface area contributed by atoms with E-state index >= 15 is 0 Å². The van der Waals surface area contributed by atoms with Gasteiger partial charge < -0.3 is 15.0 Å². The van der Waals surface area contributed by atoms with Gasteiger partial charge in [0.1, 0.15) is 11.6 Å². The Labute approximate surface area is 157 Å². The highest BCUT2D eigenvalue weighted by atomic mass is 19.1. The van der Waals surface area contributed by atoms with Crippen LogP contribution in [0, 0.1) is 5.82 Å². The van der Waals surface area contributed by atoms with E-state index in [1.54, 1.807) is 24.3 Å². The van der Waals surface area contributed by atoms with Crippen LogP contribution in [-0.2, 0) is 11.3 Å². The zero-order chi connectivity index (χ0) is 18.8. The van der Waals surface area contributed by atoms with Gasteiger partial charge in [-0.05, 0) is 48.7 Å². The Kier molecular flexibility index (Phi) is 4.79. The Balaban J connectivity index is 1.61. The van der Waals surface area contributed by atoms with Crippen molar-refractivity contribution in [2.24, 2.45) is 0 Å². The third kappa shape index (κ3) is 3.79. The maximum absolute atomic E-state index is 13.6. The maximum atomic E-state index is 13.6. The molecule has 27 heavy (non-hydrogen) atoms. The summed E-state index contributed by atoms with van der Waals surface area (Å²) in [7, 11) is 0. The molecule has 1 aliphatic heterocycles. The lowest BCUT2D eigenvalue weighted by atomic mass is 10.1. The van der Waals surface area contributed by atoms with Gasteiger partial charge in [0.25, 0.3) is 11.8 Å². The van der Waals surface area contributed by atoms with E-state index in [1.165, 1.54) is 12.1 Å². The predicted molar refractivity (Wildman–Crippen MR) is 99.1 cm³/mol. The summed E-state index contributed by atoms with van der Waals surface area (Å²) in [6.07, 6.45) is 4.10. The molecule has 1 aliphatic carbocycles. The monoisotopic (exact) mass is 368 g/mol. The van der Waals surface area contributed by atoms with Gasteiger partial charge in [-0.1, -0.05) is 25.0 Å². The van der Waals surface area contributed by atoms with Crippen LogP contribution in [0.3, 0.4) is 0 Å². The van der Waals surface area contributed by atoms with Gasteiger partial charge in [0.15, 0.2) is 6.61 Å². The predicted octanol–water partition coefficient (Wildman–Crippen LogP) is 3.74. The summed E-state index contributed by atoms with van der Waals surface area (Å²) >= 11 is 0. The van der Waals surface area contributed by atoms with E-state index in [4.69, 9.17) is 4.74 Å². The van der Waals surface area contributed by atoms with Crippen molar-refractivity contribution in [1.82, 2.24) is 4.90 Å². The topological polar surface area (TPSA) is 58.6 Å². The highest BCUT2D eigenvalue weighted by Gasteiger charge is 2.28. The number of carbonyl (C=O) groups is 2. The molecule has 2 aromatic carbocycles. The molecule has 1 saturated carbocycles. The van der Waals surface area contributed by atoms with Crippen molar-refractivity contribution in [1.29, 1.82) is 0 Å². The van der Waals surface area contributed by atoms with Gasteiger partial charge in [-0.3, -0.25) is 9.59 Å². The summed E-state index contributed by atoms with van der Waals surface area (Å²) in [4.78, 5) is 26.5. The quantitative estimate of drug-likeness (QED) is 0.894. The number of nitrogens with zero attached hydrogens (tertiary/aromatic N) is 1. The van der Waals surface area contributed by atoms with Crippen LogP contribution in [0.4, 0.5) is 10.1 Å². The second-order valence-corrected chi connectivity index (χ2v) is 7.05. The maximum Gasteiger partial charge on any atom is 0.262 e. The normalized spacial score (nSPS) is 16.4. The number of rotatable bonds is 4. The number of hydrogen-bond acceptors (Lipinski definition) is 3. The summed E-state index contributed by atoms with van der Waals surface area (Å²) in [5.41, 5.74) is 1.85. The lowest BCUT2D eigenvalue weighted by molar-refractivity contribution is -0.118.